The lowest BCUT2D eigenvalue weighted by atomic mass is 9.96. The first kappa shape index (κ1) is 32.7. The average molecular weight is 731 g/mol. The summed E-state index contributed by atoms with van der Waals surface area (Å²) in [6.07, 6.45) is 0. The molecule has 2 aromatic heterocycles. The molecule has 4 heteroatoms. The fourth-order valence-electron chi connectivity index (χ4n) is 8.17. The predicted octanol–water partition coefficient (Wildman–Crippen LogP) is 15.0. The topological polar surface area (TPSA) is 42.4 Å². The van der Waals surface area contributed by atoms with Gasteiger partial charge >= 0.3 is 0 Å². The van der Waals surface area contributed by atoms with Gasteiger partial charge in [0.15, 0.2) is 11.2 Å². The molecule has 0 aliphatic rings. The fraction of sp³-hybridized carbons (Fsp3) is 0. The highest BCUT2D eigenvalue weighted by Gasteiger charge is 2.24. The zero-order chi connectivity index (χ0) is 37.7. The SMILES string of the molecule is c1ccc(-c2ccc(N(c3ccc(-c4ccccc4)cc3)c3cccc4c3oc3c(-c5cccc6nc(-c7ccccc7)oc56)cc5ccccc5c34)cc2)cc1. The third-order valence-electron chi connectivity index (χ3n) is 10.9. The first-order valence-corrected chi connectivity index (χ1v) is 19.2. The van der Waals surface area contributed by atoms with E-state index in [1.165, 1.54) is 11.1 Å². The van der Waals surface area contributed by atoms with Crippen LogP contribution in [0.25, 0.3) is 88.6 Å². The van der Waals surface area contributed by atoms with Crippen molar-refractivity contribution in [3.63, 3.8) is 0 Å². The summed E-state index contributed by atoms with van der Waals surface area (Å²) in [5, 5.41) is 4.37. The summed E-state index contributed by atoms with van der Waals surface area (Å²) in [5.41, 5.74) is 13.6. The molecule has 57 heavy (non-hydrogen) atoms. The third-order valence-corrected chi connectivity index (χ3v) is 10.9. The molecule has 0 N–H and O–H groups in total. The van der Waals surface area contributed by atoms with Crippen molar-refractivity contribution in [2.45, 2.75) is 0 Å². The smallest absolute Gasteiger partial charge is 0.227 e. The van der Waals surface area contributed by atoms with Crippen molar-refractivity contribution >= 4 is 60.9 Å². The minimum Gasteiger partial charge on any atom is -0.453 e. The van der Waals surface area contributed by atoms with Crippen LogP contribution in [0.5, 0.6) is 0 Å². The molecule has 0 spiro atoms. The molecule has 0 aliphatic heterocycles. The number of oxazole rings is 1. The molecule has 0 saturated heterocycles. The Labute approximate surface area is 329 Å². The van der Waals surface area contributed by atoms with Gasteiger partial charge in [-0.1, -0.05) is 152 Å². The van der Waals surface area contributed by atoms with Crippen molar-refractivity contribution in [2.75, 3.05) is 4.90 Å². The quantitative estimate of drug-likeness (QED) is 0.164. The molecule has 11 aromatic rings. The molecule has 268 valence electrons. The van der Waals surface area contributed by atoms with Crippen molar-refractivity contribution < 1.29 is 8.83 Å². The summed E-state index contributed by atoms with van der Waals surface area (Å²) in [6.45, 7) is 0. The number of rotatable bonds is 7. The Hall–Kier alpha value is -7.69. The van der Waals surface area contributed by atoms with Gasteiger partial charge in [0.25, 0.3) is 0 Å². The Bertz CT molecular complexity index is 3120. The first-order chi connectivity index (χ1) is 28.3. The maximum atomic E-state index is 7.22. The number of fused-ring (bicyclic) bond motifs is 6. The van der Waals surface area contributed by atoms with Gasteiger partial charge in [-0.2, -0.15) is 0 Å². The van der Waals surface area contributed by atoms with Crippen molar-refractivity contribution in [3.05, 3.63) is 206 Å². The lowest BCUT2D eigenvalue weighted by Gasteiger charge is -2.26. The maximum Gasteiger partial charge on any atom is 0.227 e. The molecule has 0 amide bonds. The van der Waals surface area contributed by atoms with Crippen LogP contribution < -0.4 is 4.90 Å². The fourth-order valence-corrected chi connectivity index (χ4v) is 8.17. The molecule has 0 radical (unpaired) electrons. The van der Waals surface area contributed by atoms with Crippen LogP contribution in [-0.2, 0) is 0 Å². The second-order valence-electron chi connectivity index (χ2n) is 14.3. The average Bonchev–Trinajstić information content (AvgIpc) is 3.91. The second kappa shape index (κ2) is 13.6. The summed E-state index contributed by atoms with van der Waals surface area (Å²) in [7, 11) is 0. The lowest BCUT2D eigenvalue weighted by molar-refractivity contribution is 0.620. The summed E-state index contributed by atoms with van der Waals surface area (Å²) >= 11 is 0. The highest BCUT2D eigenvalue weighted by Crippen LogP contribution is 2.47. The maximum absolute atomic E-state index is 7.22. The van der Waals surface area contributed by atoms with E-state index in [1.54, 1.807) is 0 Å². The zero-order valence-corrected chi connectivity index (χ0v) is 30.8. The van der Waals surface area contributed by atoms with Crippen LogP contribution in [0, 0.1) is 0 Å². The Morgan fingerprint density at radius 1 is 0.368 bits per heavy atom. The Morgan fingerprint density at radius 2 is 0.912 bits per heavy atom. The number of furan rings is 1. The van der Waals surface area contributed by atoms with Crippen LogP contribution in [0.4, 0.5) is 17.1 Å². The molecule has 9 aromatic carbocycles. The molecule has 0 unspecified atom stereocenters. The number of benzene rings is 9. The van der Waals surface area contributed by atoms with Gasteiger partial charge < -0.3 is 13.7 Å². The Balaban J connectivity index is 1.14. The minimum absolute atomic E-state index is 0.592. The molecule has 11 rings (SSSR count). The molecule has 0 aliphatic carbocycles. The molecular formula is C53H34N2O2. The van der Waals surface area contributed by atoms with Gasteiger partial charge in [0.2, 0.25) is 5.89 Å². The summed E-state index contributed by atoms with van der Waals surface area (Å²) < 4.78 is 13.8. The molecule has 0 atom stereocenters. The second-order valence-corrected chi connectivity index (χ2v) is 14.3. The van der Waals surface area contributed by atoms with E-state index in [-0.39, 0.29) is 0 Å². The van der Waals surface area contributed by atoms with E-state index in [1.807, 2.05) is 42.5 Å². The monoisotopic (exact) mass is 730 g/mol. The highest BCUT2D eigenvalue weighted by molar-refractivity contribution is 6.25. The highest BCUT2D eigenvalue weighted by atomic mass is 16.3. The van der Waals surface area contributed by atoms with Crippen LogP contribution in [-0.4, -0.2) is 4.98 Å². The first-order valence-electron chi connectivity index (χ1n) is 19.2. The van der Waals surface area contributed by atoms with Gasteiger partial charge in [-0.05, 0) is 87.6 Å². The zero-order valence-electron chi connectivity index (χ0n) is 30.8. The molecule has 0 fully saturated rings. The third kappa shape index (κ3) is 5.66. The van der Waals surface area contributed by atoms with E-state index in [2.05, 4.69) is 169 Å². The van der Waals surface area contributed by atoms with E-state index < -0.39 is 0 Å². The summed E-state index contributed by atoms with van der Waals surface area (Å²) in [6, 6.07) is 72.0. The predicted molar refractivity (Wildman–Crippen MR) is 235 cm³/mol. The van der Waals surface area contributed by atoms with Crippen molar-refractivity contribution in [3.8, 4) is 44.8 Å². The van der Waals surface area contributed by atoms with Crippen LogP contribution in [0.1, 0.15) is 0 Å². The van der Waals surface area contributed by atoms with Gasteiger partial charge in [-0.25, -0.2) is 4.98 Å². The van der Waals surface area contributed by atoms with Gasteiger partial charge in [0.05, 0.1) is 5.69 Å². The number of hydrogen-bond acceptors (Lipinski definition) is 4. The number of nitrogens with zero attached hydrogens (tertiary/aromatic N) is 2. The van der Waals surface area contributed by atoms with Crippen molar-refractivity contribution in [1.82, 2.24) is 4.98 Å². The Kier molecular flexibility index (Phi) is 7.78. The normalized spacial score (nSPS) is 11.5. The number of para-hydroxylation sites is 2. The summed E-state index contributed by atoms with van der Waals surface area (Å²) in [5.74, 6) is 0.592. The van der Waals surface area contributed by atoms with Crippen LogP contribution in [0.3, 0.4) is 0 Å². The molecule has 2 heterocycles. The Morgan fingerprint density at radius 3 is 1.56 bits per heavy atom. The molecule has 0 saturated carbocycles. The van der Waals surface area contributed by atoms with Crippen molar-refractivity contribution in [1.29, 1.82) is 0 Å². The standard InChI is InChI=1S/C53H34N2O2/c1-4-14-35(15-5-1)37-26-30-41(31-27-37)55(42-32-28-38(29-33-42)36-16-6-2-7-17-36)48-25-13-23-45-49-43-21-11-10-20-40(43)34-46(52(49)56-51(45)48)44-22-12-24-47-50(44)57-53(54-47)39-18-8-3-9-19-39/h1-34H. The van der Waals surface area contributed by atoms with Crippen LogP contribution >= 0.6 is 0 Å². The van der Waals surface area contributed by atoms with Gasteiger partial charge in [-0.15, -0.1) is 0 Å². The van der Waals surface area contributed by atoms with E-state index in [9.17, 15) is 0 Å². The molecular weight excluding hydrogens is 697 g/mol. The lowest BCUT2D eigenvalue weighted by Crippen LogP contribution is -2.10. The van der Waals surface area contributed by atoms with E-state index in [0.29, 0.717) is 5.89 Å². The van der Waals surface area contributed by atoms with E-state index >= 15 is 0 Å². The van der Waals surface area contributed by atoms with Gasteiger partial charge in [-0.3, -0.25) is 0 Å². The summed E-state index contributed by atoms with van der Waals surface area (Å²) in [4.78, 5) is 7.21. The van der Waals surface area contributed by atoms with Gasteiger partial charge in [0, 0.05) is 38.8 Å². The van der Waals surface area contributed by atoms with E-state index in [4.69, 9.17) is 13.8 Å². The van der Waals surface area contributed by atoms with Crippen LogP contribution in [0.15, 0.2) is 215 Å². The largest absolute Gasteiger partial charge is 0.453 e. The number of aromatic nitrogens is 1. The van der Waals surface area contributed by atoms with E-state index in [0.717, 1.165) is 88.7 Å². The van der Waals surface area contributed by atoms with Gasteiger partial charge in [0.1, 0.15) is 11.1 Å². The number of anilines is 3. The molecule has 0 bridgehead atoms. The minimum atomic E-state index is 0.592. The van der Waals surface area contributed by atoms with Crippen LogP contribution in [0.2, 0.25) is 0 Å². The molecule has 4 nitrogen and oxygen atoms in total. The van der Waals surface area contributed by atoms with Crippen molar-refractivity contribution in [2.24, 2.45) is 0 Å². The number of hydrogen-bond donors (Lipinski definition) is 0.